The Labute approximate surface area is 726 Å². The minimum atomic E-state index is -4.27. The van der Waals surface area contributed by atoms with E-state index in [0.29, 0.717) is 33.8 Å². The van der Waals surface area contributed by atoms with E-state index < -0.39 is 117 Å². The lowest BCUT2D eigenvalue weighted by molar-refractivity contribution is -0.190. The minimum Gasteiger partial charge on any atom is -0.478 e. The number of esters is 3. The van der Waals surface area contributed by atoms with E-state index >= 15 is 0 Å². The number of amides is 1. The van der Waals surface area contributed by atoms with Crippen molar-refractivity contribution in [3.8, 4) is 41.0 Å². The fourth-order valence-electron chi connectivity index (χ4n) is 12.7. The van der Waals surface area contributed by atoms with Crippen molar-refractivity contribution in [2.45, 2.75) is 184 Å². The highest BCUT2D eigenvalue weighted by atomic mass is 35.5. The summed E-state index contributed by atoms with van der Waals surface area (Å²) in [6, 6.07) is 25.7. The normalized spacial score (nSPS) is 17.8. The molecule has 684 valence electrons. The fraction of sp³-hybridized carbons (Fsp3) is 0.481. The molecule has 2 aliphatic heterocycles. The Bertz CT molecular complexity index is 5390. The van der Waals surface area contributed by atoms with Crippen LogP contribution in [0.2, 0.25) is 5.15 Å². The lowest BCUT2D eigenvalue weighted by Crippen LogP contribution is -2.44. The first-order chi connectivity index (χ1) is 59.4. The number of rotatable bonds is 27. The van der Waals surface area contributed by atoms with Crippen LogP contribution >= 0.6 is 11.6 Å². The number of ether oxygens (including phenoxy) is 7. The predicted octanol–water partition coefficient (Wildman–Crippen LogP) is 14.5. The minimum absolute atomic E-state index is 0.0192. The average Bonchev–Trinajstić information content (AvgIpc) is 1.64. The van der Waals surface area contributed by atoms with Crippen molar-refractivity contribution in [1.29, 1.82) is 0 Å². The van der Waals surface area contributed by atoms with Gasteiger partial charge in [0.1, 0.15) is 5.15 Å². The highest BCUT2D eigenvalue weighted by Gasteiger charge is 2.66. The number of hydrogen-bond donors (Lipinski definition) is 2. The third-order valence-electron chi connectivity index (χ3n) is 23.0. The summed E-state index contributed by atoms with van der Waals surface area (Å²) in [7, 11) is -2.37. The molecule has 30 nitrogen and oxygen atoms in total. The second kappa shape index (κ2) is 37.8. The van der Waals surface area contributed by atoms with Gasteiger partial charge in [0.05, 0.1) is 136 Å². The Hall–Kier alpha value is -10.9. The molecule has 15 rings (SSSR count). The maximum Gasteiger partial charge on any atom is 0.515 e. The van der Waals surface area contributed by atoms with Gasteiger partial charge in [-0.15, -0.1) is 15.3 Å². The molecule has 0 bridgehead atoms. The molecule has 46 heteroatoms. The lowest BCUT2D eigenvalue weighted by Gasteiger charge is -2.32. The predicted molar refractivity (Wildman–Crippen MR) is 430 cm³/mol. The van der Waals surface area contributed by atoms with E-state index in [-0.39, 0.29) is 154 Å². The molecule has 0 atom stereocenters. The van der Waals surface area contributed by atoms with Gasteiger partial charge in [0.25, 0.3) is 15.9 Å². The molecule has 8 aromatic heterocycles. The molecule has 4 aliphatic carbocycles. The van der Waals surface area contributed by atoms with Gasteiger partial charge in [0.2, 0.25) is 23.5 Å². The quantitative estimate of drug-likeness (QED) is 0.0159. The third-order valence-corrected chi connectivity index (χ3v) is 24.6. The van der Waals surface area contributed by atoms with Gasteiger partial charge in [-0.3, -0.25) is 4.79 Å². The smallest absolute Gasteiger partial charge is 0.478 e. The Balaban J connectivity index is 0.000000165. The Morgan fingerprint density at radius 2 is 0.811 bits per heavy atom. The van der Waals surface area contributed by atoms with Gasteiger partial charge in [-0.05, 0) is 193 Å². The summed E-state index contributed by atoms with van der Waals surface area (Å²) in [5.74, 6) is -0.529. The number of halogens is 13. The number of methoxy groups -OCH3 is 3. The number of benzene rings is 1. The van der Waals surface area contributed by atoms with Gasteiger partial charge < -0.3 is 51.8 Å². The molecule has 127 heavy (non-hydrogen) atoms. The van der Waals surface area contributed by atoms with E-state index in [1.807, 2.05) is 55.4 Å². The first-order valence-corrected chi connectivity index (χ1v) is 41.4. The van der Waals surface area contributed by atoms with E-state index in [1.54, 1.807) is 48.8 Å². The zero-order chi connectivity index (χ0) is 92.8. The van der Waals surface area contributed by atoms with Gasteiger partial charge in [-0.1, -0.05) is 29.8 Å². The molecule has 1 aromatic carbocycles. The van der Waals surface area contributed by atoms with E-state index in [9.17, 15) is 80.3 Å². The van der Waals surface area contributed by atoms with Crippen molar-refractivity contribution in [2.75, 3.05) is 47.8 Å². The van der Waals surface area contributed by atoms with Crippen LogP contribution in [0.5, 0.6) is 23.5 Å². The number of hydrogen-bond acceptors (Lipinski definition) is 25. The van der Waals surface area contributed by atoms with Gasteiger partial charge in [-0.25, -0.2) is 66.6 Å². The van der Waals surface area contributed by atoms with Crippen LogP contribution in [-0.2, 0) is 42.9 Å². The van der Waals surface area contributed by atoms with Crippen LogP contribution < -0.4 is 34.9 Å². The Morgan fingerprint density at radius 1 is 0.457 bits per heavy atom. The highest BCUT2D eigenvalue weighted by Crippen LogP contribution is 2.63. The van der Waals surface area contributed by atoms with Gasteiger partial charge in [0.15, 0.2) is 17.5 Å². The summed E-state index contributed by atoms with van der Waals surface area (Å²) >= 11 is 5.50. The van der Waals surface area contributed by atoms with Crippen LogP contribution in [0.15, 0.2) is 145 Å². The molecule has 10 heterocycles. The maximum absolute atomic E-state index is 13.3. The summed E-state index contributed by atoms with van der Waals surface area (Å²) < 4.78 is 246. The van der Waals surface area contributed by atoms with E-state index in [4.69, 9.17) is 53.9 Å². The number of aromatic amines is 1. The molecule has 6 aliphatic rings. The Kier molecular flexibility index (Phi) is 28.8. The molecule has 2 N–H and O–H groups in total. The van der Waals surface area contributed by atoms with Crippen LogP contribution in [0.3, 0.4) is 0 Å². The number of H-pyrrole nitrogens is 1. The van der Waals surface area contributed by atoms with Crippen molar-refractivity contribution >= 4 is 70.9 Å². The first-order valence-electron chi connectivity index (χ1n) is 39.6. The average molecular weight is 1830 g/mol. The van der Waals surface area contributed by atoms with Crippen molar-refractivity contribution in [2.24, 2.45) is 21.7 Å². The molecule has 0 unspecified atom stereocenters. The first kappa shape index (κ1) is 96.7. The van der Waals surface area contributed by atoms with Gasteiger partial charge in [-0.2, -0.15) is 57.8 Å². The van der Waals surface area contributed by atoms with Crippen molar-refractivity contribution in [1.82, 2.24) is 64.2 Å². The number of nitrogens with zero attached hydrogens (tertiary/aromatic N) is 11. The fourth-order valence-corrected chi connectivity index (χ4v) is 13.8. The van der Waals surface area contributed by atoms with E-state index in [2.05, 4.69) is 59.6 Å². The summed E-state index contributed by atoms with van der Waals surface area (Å²) in [4.78, 5) is 64.6. The maximum atomic E-state index is 13.3. The molecular formula is C81H90B2ClF12N13O17S. The molecule has 6 fully saturated rings. The summed E-state index contributed by atoms with van der Waals surface area (Å²) in [5, 5.41) is 19.1. The van der Waals surface area contributed by atoms with Crippen LogP contribution in [0.4, 0.5) is 52.7 Å². The highest BCUT2D eigenvalue weighted by molar-refractivity contribution is 7.90. The zero-order valence-corrected chi connectivity index (χ0v) is 72.0. The van der Waals surface area contributed by atoms with Crippen LogP contribution in [-0.4, -0.2) is 201 Å². The molecule has 1 amide bonds. The monoisotopic (exact) mass is 1830 g/mol. The van der Waals surface area contributed by atoms with Gasteiger partial charge >= 0.3 is 56.8 Å². The topological polar surface area (TPSA) is 350 Å². The summed E-state index contributed by atoms with van der Waals surface area (Å²) in [5.41, 5.74) is -8.19. The molecular weight excluding hydrogens is 1740 g/mol. The number of sulfonamides is 1. The summed E-state index contributed by atoms with van der Waals surface area (Å²) in [6.45, 7) is 14.6. The number of aromatic nitrogens is 12. The van der Waals surface area contributed by atoms with Crippen molar-refractivity contribution < 1.29 is 132 Å². The molecule has 2 saturated heterocycles. The Morgan fingerprint density at radius 3 is 1.15 bits per heavy atom. The number of nitrogens with one attached hydrogen (secondary N) is 2. The van der Waals surface area contributed by atoms with Crippen LogP contribution in [0.25, 0.3) is 17.5 Å². The molecule has 4 saturated carbocycles. The van der Waals surface area contributed by atoms with Crippen molar-refractivity contribution in [3.05, 3.63) is 168 Å². The zero-order valence-electron chi connectivity index (χ0n) is 70.4. The molecule has 9 aromatic rings. The van der Waals surface area contributed by atoms with Crippen molar-refractivity contribution in [3.63, 3.8) is 0 Å². The SMILES string of the molecule is CC1(C)OB(c2nc(-n3ccc(OCCC4(C(F)(F)F)CC4)n3)ccc2C(=O)NS(=O)(=O)c2ccccc2)OC1(C)C.COC(=O)c1ccc(-n2ccc(OCCC3(C(F)(F)F)CC3)n2)nc1.COC(=O)c1ccc(-n2ccc(OCCC3(C(F)(F)F)CC3)n2)nc1B1OC(C)(C)C(C)(C)O1.COC(=O)c1ccc(Cl)nc1.FC(F)(F)C1(CCOc2ccn[nH]2)CC1. The molecule has 0 spiro atoms. The second-order valence-corrected chi connectivity index (χ2v) is 34.7. The van der Waals surface area contributed by atoms with E-state index in [1.165, 1.54) is 127 Å². The molecule has 0 radical (unpaired) electrons. The number of carbonyl (C=O) groups is 4. The standard InChI is InChI=1S/C27H30BF3N4O6S.C22H27BF3N3O5.C16H16F3N3O3.C9H11F3N2O.C7H6ClNO2/c1-24(2)25(3,4)41-28(40-24)22-19(23(36)34-42(37,38)18-8-6-5-7-9-18)10-11-20(32-22)35-16-12-21(33-35)39-17-15-26(13-14-26)27(29,30)31;1-19(2)20(3,4)34-23(33-19)17-14(18(30)31-5)6-7-15(27-17)29-12-8-16(28-29)32-13-11-21(9-10-21)22(24,25)26;1-24-14(23)11-2-3-12(20-10-11)22-8-4-13(21-22)25-9-7-15(5-6-15)16(17,18)19;10-9(11,12)8(2-3-8)4-6-15-7-1-5-13-14-7;1-11-7(10)5-2-3-6(8)9-4-5/h5-12,16H,13-15,17H2,1-4H3,(H,34,36);6-8,12H,9-11,13H2,1-5H3;2-4,8,10H,5-7,9H2,1H3;1,5H,2-4,6H2,(H,13,14);2-4H,1H3. The van der Waals surface area contributed by atoms with E-state index in [0.717, 1.165) is 0 Å². The van der Waals surface area contributed by atoms with Gasteiger partial charge in [0, 0.05) is 55.2 Å². The number of pyridine rings is 4. The number of carbonyl (C=O) groups excluding carboxylic acids is 4. The van der Waals surface area contributed by atoms with Crippen LogP contribution in [0.1, 0.15) is 174 Å². The van der Waals surface area contributed by atoms with Crippen LogP contribution in [0, 0.1) is 21.7 Å². The third kappa shape index (κ3) is 23.2. The number of alkyl halides is 12. The largest absolute Gasteiger partial charge is 0.515 e. The second-order valence-electron chi connectivity index (χ2n) is 32.6. The summed E-state index contributed by atoms with van der Waals surface area (Å²) in [6.07, 6.45) is -7.01. The lowest BCUT2D eigenvalue weighted by atomic mass is 9.80.